The van der Waals surface area contributed by atoms with E-state index in [-0.39, 0.29) is 11.5 Å². The molecule has 0 radical (unpaired) electrons. The Kier molecular flexibility index (Phi) is 3.50. The molecular formula is C14H20N6O. The van der Waals surface area contributed by atoms with Gasteiger partial charge in [0.05, 0.1) is 12.2 Å². The van der Waals surface area contributed by atoms with Crippen molar-refractivity contribution in [3.05, 3.63) is 29.9 Å². The Morgan fingerprint density at radius 3 is 2.62 bits per heavy atom. The number of anilines is 1. The summed E-state index contributed by atoms with van der Waals surface area (Å²) in [6, 6.07) is 0. The summed E-state index contributed by atoms with van der Waals surface area (Å²) in [5.74, 6) is 8.08. The number of nitrogens with two attached hydrogens (primary N) is 2. The van der Waals surface area contributed by atoms with Crippen LogP contribution in [0.4, 0.5) is 5.95 Å². The highest BCUT2D eigenvalue weighted by Gasteiger charge is 2.45. The van der Waals surface area contributed by atoms with E-state index >= 15 is 0 Å². The zero-order valence-corrected chi connectivity index (χ0v) is 12.1. The van der Waals surface area contributed by atoms with Crippen LogP contribution in [0.15, 0.2) is 24.3 Å². The largest absolute Gasteiger partial charge is 0.395 e. The van der Waals surface area contributed by atoms with E-state index in [9.17, 15) is 4.79 Å². The van der Waals surface area contributed by atoms with E-state index < -0.39 is 0 Å². The lowest BCUT2D eigenvalue weighted by molar-refractivity contribution is -0.113. The molecule has 4 N–H and O–H groups in total. The highest BCUT2D eigenvalue weighted by atomic mass is 16.1. The van der Waals surface area contributed by atoms with Gasteiger partial charge in [0.2, 0.25) is 5.95 Å². The zero-order chi connectivity index (χ0) is 15.0. The molecule has 2 heterocycles. The molecule has 0 aromatic carbocycles. The number of aromatic nitrogens is 2. The van der Waals surface area contributed by atoms with Crippen LogP contribution >= 0.6 is 0 Å². The van der Waals surface area contributed by atoms with E-state index in [2.05, 4.69) is 14.9 Å². The van der Waals surface area contributed by atoms with Crippen molar-refractivity contribution >= 4 is 11.7 Å². The molecule has 1 aromatic rings. The van der Waals surface area contributed by atoms with Crippen molar-refractivity contribution in [1.82, 2.24) is 15.0 Å². The number of hydrazine groups is 1. The lowest BCUT2D eigenvalue weighted by Crippen LogP contribution is -2.28. The maximum atomic E-state index is 11.0. The first kappa shape index (κ1) is 13.8. The summed E-state index contributed by atoms with van der Waals surface area (Å²) in [5, 5.41) is 1.36. The molecule has 2 atom stereocenters. The Hall–Kier alpha value is -2.15. The molecule has 0 spiro atoms. The average molecular weight is 288 g/mol. The number of fused-ring (bicyclic) bond motifs is 1. The van der Waals surface area contributed by atoms with Gasteiger partial charge in [-0.2, -0.15) is 0 Å². The second-order valence-corrected chi connectivity index (χ2v) is 5.87. The van der Waals surface area contributed by atoms with E-state index in [4.69, 9.17) is 11.6 Å². The van der Waals surface area contributed by atoms with Crippen LogP contribution in [0.25, 0.3) is 0 Å². The molecule has 112 valence electrons. The van der Waals surface area contributed by atoms with Crippen LogP contribution < -0.4 is 16.5 Å². The van der Waals surface area contributed by atoms with Crippen LogP contribution in [0.3, 0.4) is 0 Å². The van der Waals surface area contributed by atoms with Gasteiger partial charge in [-0.25, -0.2) is 15.8 Å². The minimum atomic E-state index is -0.204. The van der Waals surface area contributed by atoms with Crippen LogP contribution in [-0.4, -0.2) is 33.8 Å². The molecule has 2 fully saturated rings. The van der Waals surface area contributed by atoms with Crippen LogP contribution in [0.5, 0.6) is 0 Å². The Labute approximate surface area is 123 Å². The lowest BCUT2D eigenvalue weighted by atomic mass is 10.3. The molecule has 1 aliphatic heterocycles. The molecule has 0 amide bonds. The van der Waals surface area contributed by atoms with Crippen molar-refractivity contribution in [2.45, 2.75) is 19.9 Å². The summed E-state index contributed by atoms with van der Waals surface area (Å²) >= 11 is 0. The Morgan fingerprint density at radius 2 is 2.05 bits per heavy atom. The summed E-state index contributed by atoms with van der Waals surface area (Å²) < 4.78 is 0. The van der Waals surface area contributed by atoms with E-state index in [1.807, 2.05) is 0 Å². The monoisotopic (exact) mass is 288 g/mol. The fraction of sp³-hybridized carbons (Fsp3) is 0.500. The predicted octanol–water partition coefficient (Wildman–Crippen LogP) is -0.00250. The third-order valence-corrected chi connectivity index (χ3v) is 4.03. The molecule has 7 heteroatoms. The maximum absolute atomic E-state index is 11.0. The fourth-order valence-electron chi connectivity index (χ4n) is 2.68. The van der Waals surface area contributed by atoms with Gasteiger partial charge in [-0.1, -0.05) is 0 Å². The molecule has 1 saturated heterocycles. The number of piperidine rings is 1. The smallest absolute Gasteiger partial charge is 0.225 e. The van der Waals surface area contributed by atoms with Gasteiger partial charge >= 0.3 is 0 Å². The van der Waals surface area contributed by atoms with E-state index in [0.29, 0.717) is 6.54 Å². The number of nitrogens with zero attached hydrogens (tertiary/aromatic N) is 4. The number of rotatable bonds is 5. The number of carbonyl (C=O) groups is 1. The molecule has 1 aromatic heterocycles. The summed E-state index contributed by atoms with van der Waals surface area (Å²) in [7, 11) is 0. The van der Waals surface area contributed by atoms with Crippen molar-refractivity contribution in [2.75, 3.05) is 18.0 Å². The first-order valence-electron chi connectivity index (χ1n) is 7.08. The van der Waals surface area contributed by atoms with Gasteiger partial charge in [0.1, 0.15) is 0 Å². The van der Waals surface area contributed by atoms with Gasteiger partial charge in [0, 0.05) is 44.2 Å². The second kappa shape index (κ2) is 5.33. The molecule has 2 aliphatic rings. The minimum absolute atomic E-state index is 0.131. The molecule has 3 rings (SSSR count). The molecule has 0 bridgehead atoms. The number of Topliss-reactive ketones (excluding diaryl/α,β-unsaturated/α-hetero) is 1. The van der Waals surface area contributed by atoms with Gasteiger partial charge in [-0.15, -0.1) is 0 Å². The van der Waals surface area contributed by atoms with Crippen LogP contribution in [0.1, 0.15) is 18.9 Å². The average Bonchev–Trinajstić information content (AvgIpc) is 3.05. The first-order chi connectivity index (χ1) is 10.0. The SMILES string of the molecule is CC(=O)/C(N)=C/N(N)Cc1cnc(N2CC3CC3C2)nc1. The van der Waals surface area contributed by atoms with Crippen molar-refractivity contribution in [3.8, 4) is 0 Å². The highest BCUT2D eigenvalue weighted by Crippen LogP contribution is 2.45. The van der Waals surface area contributed by atoms with Crippen LogP contribution in [0, 0.1) is 11.8 Å². The topological polar surface area (TPSA) is 101 Å². The van der Waals surface area contributed by atoms with Crippen molar-refractivity contribution in [2.24, 2.45) is 23.4 Å². The number of ketones is 1. The molecule has 7 nitrogen and oxygen atoms in total. The van der Waals surface area contributed by atoms with E-state index in [0.717, 1.165) is 36.4 Å². The fourth-order valence-corrected chi connectivity index (χ4v) is 2.68. The quantitative estimate of drug-likeness (QED) is 0.446. The Morgan fingerprint density at radius 1 is 1.43 bits per heavy atom. The lowest BCUT2D eigenvalue weighted by Gasteiger charge is -2.18. The number of hydrogen-bond donors (Lipinski definition) is 2. The highest BCUT2D eigenvalue weighted by molar-refractivity contribution is 5.92. The van der Waals surface area contributed by atoms with Gasteiger partial charge in [-0.3, -0.25) is 4.79 Å². The summed E-state index contributed by atoms with van der Waals surface area (Å²) in [5.41, 5.74) is 6.55. The van der Waals surface area contributed by atoms with Crippen molar-refractivity contribution < 1.29 is 4.79 Å². The van der Waals surface area contributed by atoms with Crippen LogP contribution in [-0.2, 0) is 11.3 Å². The summed E-state index contributed by atoms with van der Waals surface area (Å²) in [6.45, 7) is 3.95. The Bertz CT molecular complexity index is 559. The maximum Gasteiger partial charge on any atom is 0.225 e. The summed E-state index contributed by atoms with van der Waals surface area (Å²) in [6.07, 6.45) is 6.32. The van der Waals surface area contributed by atoms with E-state index in [1.54, 1.807) is 12.4 Å². The van der Waals surface area contributed by atoms with Crippen molar-refractivity contribution in [3.63, 3.8) is 0 Å². The molecule has 1 saturated carbocycles. The third-order valence-electron chi connectivity index (χ3n) is 4.03. The number of carbonyl (C=O) groups excluding carboxylic acids is 1. The Balaban J connectivity index is 1.59. The number of hydrogen-bond acceptors (Lipinski definition) is 7. The minimum Gasteiger partial charge on any atom is -0.395 e. The first-order valence-corrected chi connectivity index (χ1v) is 7.08. The number of allylic oxidation sites excluding steroid dienone is 1. The molecule has 21 heavy (non-hydrogen) atoms. The second-order valence-electron chi connectivity index (χ2n) is 5.87. The third kappa shape index (κ3) is 3.13. The van der Waals surface area contributed by atoms with Gasteiger partial charge in [0.15, 0.2) is 5.78 Å². The molecule has 2 unspecified atom stereocenters. The normalized spacial score (nSPS) is 23.9. The summed E-state index contributed by atoms with van der Waals surface area (Å²) in [4.78, 5) is 22.1. The van der Waals surface area contributed by atoms with Crippen molar-refractivity contribution in [1.29, 1.82) is 0 Å². The van der Waals surface area contributed by atoms with Gasteiger partial charge in [-0.05, 0) is 18.3 Å². The predicted molar refractivity (Wildman–Crippen MR) is 78.5 cm³/mol. The standard InChI is InChI=1S/C14H20N6O/c1-9(21)13(15)8-20(16)5-10-3-17-14(18-4-10)19-6-11-2-12(11)7-19/h3-4,8,11-12H,2,5-7,15-16H2,1H3/b13-8-. The van der Waals surface area contributed by atoms with Gasteiger partial charge < -0.3 is 15.6 Å². The molecular weight excluding hydrogens is 268 g/mol. The molecule has 1 aliphatic carbocycles. The van der Waals surface area contributed by atoms with Gasteiger partial charge in [0.25, 0.3) is 0 Å². The zero-order valence-electron chi connectivity index (χ0n) is 12.1. The van der Waals surface area contributed by atoms with E-state index in [1.165, 1.54) is 24.6 Å². The van der Waals surface area contributed by atoms with Crippen LogP contribution in [0.2, 0.25) is 0 Å².